The zero-order valence-electron chi connectivity index (χ0n) is 15.1. The fraction of sp³-hybridized carbons (Fsp3) is 0.300. The van der Waals surface area contributed by atoms with Crippen molar-refractivity contribution in [1.29, 1.82) is 0 Å². The van der Waals surface area contributed by atoms with Crippen LogP contribution in [0.1, 0.15) is 23.7 Å². The molecule has 0 bridgehead atoms. The van der Waals surface area contributed by atoms with Gasteiger partial charge in [0.25, 0.3) is 0 Å². The third-order valence-electron chi connectivity index (χ3n) is 4.89. The number of rotatable bonds is 4. The molecule has 26 heavy (non-hydrogen) atoms. The molecule has 0 saturated carbocycles. The lowest BCUT2D eigenvalue weighted by molar-refractivity contribution is 0.247. The molecule has 1 aliphatic heterocycles. The van der Waals surface area contributed by atoms with Gasteiger partial charge in [0.1, 0.15) is 0 Å². The van der Waals surface area contributed by atoms with E-state index in [4.69, 9.17) is 0 Å². The minimum atomic E-state index is -0.0277. The lowest BCUT2D eigenvalue weighted by Gasteiger charge is -2.18. The highest BCUT2D eigenvalue weighted by molar-refractivity contribution is 5.94. The van der Waals surface area contributed by atoms with Gasteiger partial charge < -0.3 is 15.6 Å². The first-order valence-electron chi connectivity index (χ1n) is 9.01. The van der Waals surface area contributed by atoms with Crippen molar-refractivity contribution in [1.82, 2.24) is 15.3 Å². The van der Waals surface area contributed by atoms with Crippen LogP contribution >= 0.6 is 0 Å². The molecule has 0 saturated heterocycles. The van der Waals surface area contributed by atoms with Crippen molar-refractivity contribution in [3.8, 4) is 0 Å². The number of hydrogen-bond acceptors (Lipinski definition) is 3. The SMILES string of the molecule is CCNC(=O)N1CCc2ccc(NCc3c(C)[nH]c4cccnc34)cc21. The number of aromatic nitrogens is 2. The van der Waals surface area contributed by atoms with E-state index in [2.05, 4.69) is 45.7 Å². The van der Waals surface area contributed by atoms with Gasteiger partial charge >= 0.3 is 6.03 Å². The van der Waals surface area contributed by atoms with Crippen LogP contribution < -0.4 is 15.5 Å². The van der Waals surface area contributed by atoms with Gasteiger partial charge in [-0.1, -0.05) is 6.07 Å². The second-order valence-electron chi connectivity index (χ2n) is 6.56. The van der Waals surface area contributed by atoms with Crippen molar-refractivity contribution in [2.24, 2.45) is 0 Å². The number of H-pyrrole nitrogens is 1. The fourth-order valence-electron chi connectivity index (χ4n) is 3.56. The fourth-order valence-corrected chi connectivity index (χ4v) is 3.56. The summed E-state index contributed by atoms with van der Waals surface area (Å²) < 4.78 is 0. The number of nitrogens with zero attached hydrogens (tertiary/aromatic N) is 2. The van der Waals surface area contributed by atoms with Crippen molar-refractivity contribution in [2.45, 2.75) is 26.8 Å². The molecule has 0 atom stereocenters. The first kappa shape index (κ1) is 16.4. The third-order valence-corrected chi connectivity index (χ3v) is 4.89. The molecule has 3 heterocycles. The standard InChI is InChI=1S/C20H23N5O/c1-3-21-20(26)25-10-8-14-6-7-15(11-18(14)25)23-12-16-13(2)24-17-5-4-9-22-19(16)17/h4-7,9,11,23-24H,3,8,10,12H2,1-2H3,(H,21,26). The molecular formula is C20H23N5O. The van der Waals surface area contributed by atoms with E-state index in [0.717, 1.165) is 41.1 Å². The second-order valence-corrected chi connectivity index (χ2v) is 6.56. The summed E-state index contributed by atoms with van der Waals surface area (Å²) in [6, 6.07) is 10.2. The van der Waals surface area contributed by atoms with E-state index in [1.54, 1.807) is 0 Å². The normalized spacial score (nSPS) is 13.1. The van der Waals surface area contributed by atoms with Crippen LogP contribution in [0.25, 0.3) is 11.0 Å². The van der Waals surface area contributed by atoms with Crippen LogP contribution in [0.3, 0.4) is 0 Å². The molecule has 6 nitrogen and oxygen atoms in total. The molecule has 1 aromatic carbocycles. The average Bonchev–Trinajstić information content (AvgIpc) is 3.20. The number of aromatic amines is 1. The maximum Gasteiger partial charge on any atom is 0.321 e. The Morgan fingerprint density at radius 1 is 1.35 bits per heavy atom. The molecule has 2 amide bonds. The van der Waals surface area contributed by atoms with E-state index >= 15 is 0 Å². The van der Waals surface area contributed by atoms with E-state index in [-0.39, 0.29) is 6.03 Å². The van der Waals surface area contributed by atoms with Crippen molar-refractivity contribution >= 4 is 28.4 Å². The summed E-state index contributed by atoms with van der Waals surface area (Å²) in [4.78, 5) is 21.9. The van der Waals surface area contributed by atoms with Gasteiger partial charge in [0.2, 0.25) is 0 Å². The summed E-state index contributed by atoms with van der Waals surface area (Å²) in [5.41, 5.74) is 7.56. The molecule has 0 radical (unpaired) electrons. The number of carbonyl (C=O) groups is 1. The Hall–Kier alpha value is -3.02. The van der Waals surface area contributed by atoms with Gasteiger partial charge in [0.15, 0.2) is 0 Å². The largest absolute Gasteiger partial charge is 0.381 e. The molecule has 4 rings (SSSR count). The number of hydrogen-bond donors (Lipinski definition) is 3. The maximum absolute atomic E-state index is 12.2. The molecule has 0 aliphatic carbocycles. The van der Waals surface area contributed by atoms with Gasteiger partial charge in [0, 0.05) is 42.8 Å². The van der Waals surface area contributed by atoms with Crippen LogP contribution in [0.2, 0.25) is 0 Å². The van der Waals surface area contributed by atoms with Crippen LogP contribution in [0.5, 0.6) is 0 Å². The predicted octanol–water partition coefficient (Wildman–Crippen LogP) is 3.58. The van der Waals surface area contributed by atoms with Gasteiger partial charge in [-0.2, -0.15) is 0 Å². The number of urea groups is 1. The molecule has 6 heteroatoms. The third kappa shape index (κ3) is 2.87. The number of carbonyl (C=O) groups excluding carboxylic acids is 1. The first-order chi connectivity index (χ1) is 12.7. The molecule has 0 fully saturated rings. The predicted molar refractivity (Wildman–Crippen MR) is 105 cm³/mol. The van der Waals surface area contributed by atoms with Crippen LogP contribution in [-0.4, -0.2) is 29.1 Å². The smallest absolute Gasteiger partial charge is 0.321 e. The number of nitrogens with one attached hydrogen (secondary N) is 3. The molecule has 134 valence electrons. The van der Waals surface area contributed by atoms with Gasteiger partial charge in [0.05, 0.1) is 16.7 Å². The molecule has 2 aromatic heterocycles. The number of benzene rings is 1. The summed E-state index contributed by atoms with van der Waals surface area (Å²) in [5.74, 6) is 0. The second kappa shape index (κ2) is 6.71. The average molecular weight is 349 g/mol. The Bertz CT molecular complexity index is 962. The summed E-state index contributed by atoms with van der Waals surface area (Å²) in [6.07, 6.45) is 2.72. The van der Waals surface area contributed by atoms with Crippen LogP contribution in [0.4, 0.5) is 16.2 Å². The highest BCUT2D eigenvalue weighted by Crippen LogP contribution is 2.31. The van der Waals surface area contributed by atoms with Gasteiger partial charge in [-0.25, -0.2) is 4.79 Å². The Morgan fingerprint density at radius 2 is 2.23 bits per heavy atom. The number of pyridine rings is 1. The first-order valence-corrected chi connectivity index (χ1v) is 9.01. The van der Waals surface area contributed by atoms with Crippen molar-refractivity contribution < 1.29 is 4.79 Å². The Morgan fingerprint density at radius 3 is 3.08 bits per heavy atom. The van der Waals surface area contributed by atoms with Crippen molar-refractivity contribution in [3.63, 3.8) is 0 Å². The Kier molecular flexibility index (Phi) is 4.24. The number of amides is 2. The van der Waals surface area contributed by atoms with Crippen LogP contribution in [-0.2, 0) is 13.0 Å². The number of fused-ring (bicyclic) bond motifs is 2. The van der Waals surface area contributed by atoms with Gasteiger partial charge in [-0.3, -0.25) is 9.88 Å². The highest BCUT2D eigenvalue weighted by atomic mass is 16.2. The molecule has 0 unspecified atom stereocenters. The van der Waals surface area contributed by atoms with E-state index in [1.165, 1.54) is 11.1 Å². The minimum Gasteiger partial charge on any atom is -0.381 e. The van der Waals surface area contributed by atoms with E-state index in [0.29, 0.717) is 13.1 Å². The van der Waals surface area contributed by atoms with E-state index in [9.17, 15) is 4.79 Å². The van der Waals surface area contributed by atoms with Crippen molar-refractivity contribution in [2.75, 3.05) is 23.3 Å². The Balaban J connectivity index is 1.55. The summed E-state index contributed by atoms with van der Waals surface area (Å²) in [5, 5.41) is 6.37. The molecule has 1 aliphatic rings. The number of anilines is 2. The molecular weight excluding hydrogens is 326 g/mol. The summed E-state index contributed by atoms with van der Waals surface area (Å²) in [6.45, 7) is 6.05. The van der Waals surface area contributed by atoms with E-state index in [1.807, 2.05) is 30.2 Å². The van der Waals surface area contributed by atoms with Crippen LogP contribution in [0, 0.1) is 6.92 Å². The summed E-state index contributed by atoms with van der Waals surface area (Å²) in [7, 11) is 0. The van der Waals surface area contributed by atoms with Gasteiger partial charge in [-0.15, -0.1) is 0 Å². The van der Waals surface area contributed by atoms with Crippen LogP contribution in [0.15, 0.2) is 36.5 Å². The molecule has 0 spiro atoms. The number of aryl methyl sites for hydroxylation is 1. The monoisotopic (exact) mass is 349 g/mol. The topological polar surface area (TPSA) is 73.1 Å². The highest BCUT2D eigenvalue weighted by Gasteiger charge is 2.24. The summed E-state index contributed by atoms with van der Waals surface area (Å²) >= 11 is 0. The quantitative estimate of drug-likeness (QED) is 0.674. The maximum atomic E-state index is 12.2. The van der Waals surface area contributed by atoms with Gasteiger partial charge in [-0.05, 0) is 50.1 Å². The van der Waals surface area contributed by atoms with Crippen molar-refractivity contribution in [3.05, 3.63) is 53.3 Å². The molecule has 3 N–H and O–H groups in total. The zero-order valence-corrected chi connectivity index (χ0v) is 15.1. The van der Waals surface area contributed by atoms with E-state index < -0.39 is 0 Å². The zero-order chi connectivity index (χ0) is 18.1. The molecule has 3 aromatic rings. The minimum absolute atomic E-state index is 0.0277. The Labute approximate surface area is 152 Å². The lowest BCUT2D eigenvalue weighted by Crippen LogP contribution is -2.38. The lowest BCUT2D eigenvalue weighted by atomic mass is 10.1.